The summed E-state index contributed by atoms with van der Waals surface area (Å²) >= 11 is 0. The second-order valence-electron chi connectivity index (χ2n) is 4.23. The minimum Gasteiger partial charge on any atom is -0.516 e. The smallest absolute Gasteiger partial charge is 0.357 e. The van der Waals surface area contributed by atoms with Gasteiger partial charge in [0.1, 0.15) is 0 Å². The van der Waals surface area contributed by atoms with Crippen LogP contribution < -0.4 is 4.72 Å². The molecule has 0 aliphatic carbocycles. The van der Waals surface area contributed by atoms with Gasteiger partial charge in [-0.05, 0) is 19.9 Å². The monoisotopic (exact) mass is 320 g/mol. The normalized spacial score (nSPS) is 13.5. The van der Waals surface area contributed by atoms with Crippen molar-refractivity contribution in [2.75, 3.05) is 6.61 Å². The Morgan fingerprint density at radius 3 is 2.86 bits per heavy atom. The Hall–Kier alpha value is -1.87. The summed E-state index contributed by atoms with van der Waals surface area (Å²) in [5, 5.41) is 8.55. The largest absolute Gasteiger partial charge is 0.516 e. The van der Waals surface area contributed by atoms with Crippen LogP contribution in [-0.2, 0) is 20.5 Å². The fraction of sp³-hybridized carbons (Fsp3) is 0.417. The number of aliphatic hydroxyl groups is 1. The van der Waals surface area contributed by atoms with Gasteiger partial charge in [0, 0.05) is 17.8 Å². The summed E-state index contributed by atoms with van der Waals surface area (Å²) in [6, 6.07) is -0.647. The molecule has 0 aromatic carbocycles. The quantitative estimate of drug-likeness (QED) is 0.517. The first-order chi connectivity index (χ1) is 9.80. The highest BCUT2D eigenvalue weighted by atomic mass is 32.2. The Morgan fingerprint density at radius 2 is 2.29 bits per heavy atom. The van der Waals surface area contributed by atoms with Crippen LogP contribution in [0.4, 0.5) is 4.39 Å². The van der Waals surface area contributed by atoms with E-state index in [1.54, 1.807) is 6.92 Å². The van der Waals surface area contributed by atoms with Crippen LogP contribution >= 0.6 is 0 Å². The number of hydrogen-bond acceptors (Lipinski definition) is 5. The third-order valence-electron chi connectivity index (χ3n) is 2.46. The fourth-order valence-corrected chi connectivity index (χ4v) is 2.95. The van der Waals surface area contributed by atoms with Crippen molar-refractivity contribution in [1.29, 1.82) is 0 Å². The van der Waals surface area contributed by atoms with Gasteiger partial charge in [-0.15, -0.1) is 0 Å². The molecule has 0 spiro atoms. The zero-order valence-corrected chi connectivity index (χ0v) is 12.4. The first-order valence-corrected chi connectivity index (χ1v) is 7.79. The van der Waals surface area contributed by atoms with Crippen LogP contribution in [0.25, 0.3) is 0 Å². The minimum absolute atomic E-state index is 0.0808. The first-order valence-electron chi connectivity index (χ1n) is 6.14. The van der Waals surface area contributed by atoms with Crippen LogP contribution in [0.1, 0.15) is 29.9 Å². The summed E-state index contributed by atoms with van der Waals surface area (Å²) in [5.41, 5.74) is -0.587. The van der Waals surface area contributed by atoms with Crippen LogP contribution in [0.5, 0.6) is 0 Å². The zero-order valence-electron chi connectivity index (χ0n) is 11.6. The molecule has 21 heavy (non-hydrogen) atoms. The lowest BCUT2D eigenvalue weighted by atomic mass is 10.3. The molecule has 1 atom stereocenters. The third-order valence-corrected chi connectivity index (χ3v) is 3.88. The number of rotatable bonds is 7. The summed E-state index contributed by atoms with van der Waals surface area (Å²) in [6.07, 6.45) is 3.03. The highest BCUT2D eigenvalue weighted by Gasteiger charge is 2.23. The number of sulfonamides is 1. The number of aliphatic hydroxyl groups excluding tert-OH is 1. The number of nitrogens with one attached hydrogen (secondary N) is 2. The van der Waals surface area contributed by atoms with Gasteiger partial charge in [-0.3, -0.25) is 0 Å². The lowest BCUT2D eigenvalue weighted by Crippen LogP contribution is -2.32. The van der Waals surface area contributed by atoms with Gasteiger partial charge in [-0.1, -0.05) is 0 Å². The Labute approximate surface area is 121 Å². The van der Waals surface area contributed by atoms with Gasteiger partial charge in [-0.25, -0.2) is 22.3 Å². The molecule has 118 valence electrons. The number of aromatic amines is 1. The molecule has 0 aliphatic heterocycles. The average molecular weight is 320 g/mol. The molecule has 0 amide bonds. The second kappa shape index (κ2) is 7.23. The summed E-state index contributed by atoms with van der Waals surface area (Å²) in [6.45, 7) is 3.16. The molecule has 7 nitrogen and oxygen atoms in total. The maximum absolute atomic E-state index is 13.9. The van der Waals surface area contributed by atoms with Crippen molar-refractivity contribution in [2.24, 2.45) is 0 Å². The van der Waals surface area contributed by atoms with E-state index in [1.165, 1.54) is 13.0 Å². The topological polar surface area (TPSA) is 108 Å². The summed E-state index contributed by atoms with van der Waals surface area (Å²) < 4.78 is 44.4. The van der Waals surface area contributed by atoms with E-state index in [2.05, 4.69) is 14.4 Å². The maximum atomic E-state index is 13.9. The average Bonchev–Trinajstić information content (AvgIpc) is 2.70. The number of carbonyl (C=O) groups is 1. The van der Waals surface area contributed by atoms with Crippen molar-refractivity contribution in [2.45, 2.75) is 25.6 Å². The molecular formula is C12H17FN2O5S. The Bertz CT molecular complexity index is 624. The third kappa shape index (κ3) is 4.87. The maximum Gasteiger partial charge on any atom is 0.357 e. The van der Waals surface area contributed by atoms with Crippen molar-refractivity contribution in [3.05, 3.63) is 35.6 Å². The van der Waals surface area contributed by atoms with Crippen LogP contribution in [0.3, 0.4) is 0 Å². The van der Waals surface area contributed by atoms with E-state index in [4.69, 9.17) is 5.11 Å². The number of esters is 1. The van der Waals surface area contributed by atoms with Crippen LogP contribution in [-0.4, -0.2) is 37.1 Å². The van der Waals surface area contributed by atoms with E-state index in [1.807, 2.05) is 0 Å². The van der Waals surface area contributed by atoms with Gasteiger partial charge in [0.05, 0.1) is 18.6 Å². The van der Waals surface area contributed by atoms with Crippen LogP contribution in [0, 0.1) is 5.82 Å². The standard InChI is InChI=1S/C12H17FN2O5S/c1-3-20-12(17)11-10(13)9(6-14-11)7-21(18,19)15-8(2)4-5-16/h4-6,8,14-16H,3,7H2,1-2H3/t8-/m0/s1. The summed E-state index contributed by atoms with van der Waals surface area (Å²) in [4.78, 5) is 13.8. The number of hydrogen-bond donors (Lipinski definition) is 3. The first kappa shape index (κ1) is 17.2. The molecule has 1 heterocycles. The van der Waals surface area contributed by atoms with Crippen molar-refractivity contribution in [3.8, 4) is 0 Å². The van der Waals surface area contributed by atoms with E-state index in [-0.39, 0.29) is 12.2 Å². The molecule has 3 N–H and O–H groups in total. The van der Waals surface area contributed by atoms with Crippen LogP contribution in [0.15, 0.2) is 18.5 Å². The van der Waals surface area contributed by atoms with Crippen molar-refractivity contribution < 1.29 is 27.4 Å². The Balaban J connectivity index is 2.86. The van der Waals surface area contributed by atoms with Crippen molar-refractivity contribution in [1.82, 2.24) is 9.71 Å². The Morgan fingerprint density at radius 1 is 1.62 bits per heavy atom. The van der Waals surface area contributed by atoms with E-state index in [9.17, 15) is 17.6 Å². The molecule has 9 heteroatoms. The molecule has 0 bridgehead atoms. The lowest BCUT2D eigenvalue weighted by Gasteiger charge is -2.09. The van der Waals surface area contributed by atoms with Gasteiger partial charge in [0.25, 0.3) is 0 Å². The van der Waals surface area contributed by atoms with Crippen LogP contribution in [0.2, 0.25) is 0 Å². The highest BCUT2D eigenvalue weighted by molar-refractivity contribution is 7.88. The van der Waals surface area contributed by atoms with Gasteiger partial charge in [0.2, 0.25) is 10.0 Å². The van der Waals surface area contributed by atoms with Crippen molar-refractivity contribution in [3.63, 3.8) is 0 Å². The molecule has 1 rings (SSSR count). The number of H-pyrrole nitrogens is 1. The Kier molecular flexibility index (Phi) is 5.91. The molecule has 0 radical (unpaired) electrons. The molecule has 1 aromatic rings. The van der Waals surface area contributed by atoms with Crippen molar-refractivity contribution >= 4 is 16.0 Å². The van der Waals surface area contributed by atoms with Gasteiger partial charge < -0.3 is 14.8 Å². The number of halogens is 1. The predicted molar refractivity (Wildman–Crippen MR) is 73.7 cm³/mol. The molecular weight excluding hydrogens is 303 g/mol. The van der Waals surface area contributed by atoms with E-state index in [0.29, 0.717) is 6.26 Å². The zero-order chi connectivity index (χ0) is 16.0. The summed E-state index contributed by atoms with van der Waals surface area (Å²) in [5.74, 6) is -2.48. The predicted octanol–water partition coefficient (Wildman–Crippen LogP) is 1.21. The molecule has 0 saturated carbocycles. The van der Waals surface area contributed by atoms with Gasteiger partial charge >= 0.3 is 5.97 Å². The van der Waals surface area contributed by atoms with E-state index in [0.717, 1.165) is 6.20 Å². The molecule has 1 aromatic heterocycles. The van der Waals surface area contributed by atoms with Gasteiger partial charge in [0.15, 0.2) is 11.5 Å². The highest BCUT2D eigenvalue weighted by Crippen LogP contribution is 2.16. The lowest BCUT2D eigenvalue weighted by molar-refractivity contribution is 0.0514. The van der Waals surface area contributed by atoms with Gasteiger partial charge in [-0.2, -0.15) is 0 Å². The fourth-order valence-electron chi connectivity index (χ4n) is 1.60. The van der Waals surface area contributed by atoms with E-state index >= 15 is 0 Å². The number of ether oxygens (including phenoxy) is 1. The number of carbonyl (C=O) groups excluding carboxylic acids is 1. The molecule has 0 fully saturated rings. The summed E-state index contributed by atoms with van der Waals surface area (Å²) in [7, 11) is -3.83. The second-order valence-corrected chi connectivity index (χ2v) is 5.98. The van der Waals surface area contributed by atoms with E-state index < -0.39 is 39.3 Å². The minimum atomic E-state index is -3.83. The molecule has 0 saturated heterocycles. The molecule has 0 aliphatic rings. The SMILES string of the molecule is CCOC(=O)c1[nH]cc(CS(=O)(=O)N[C@@H](C)C=CO)c1F. The molecule has 0 unspecified atom stereocenters. The number of aromatic nitrogens is 1.